The Morgan fingerprint density at radius 2 is 2.38 bits per heavy atom. The highest BCUT2D eigenvalue weighted by Gasteiger charge is 2.17. The molecule has 0 aromatic carbocycles. The summed E-state index contributed by atoms with van der Waals surface area (Å²) in [7, 11) is 1.63. The molecule has 1 rings (SSSR count). The van der Waals surface area contributed by atoms with Gasteiger partial charge in [-0.25, -0.2) is 4.79 Å². The van der Waals surface area contributed by atoms with E-state index >= 15 is 0 Å². The van der Waals surface area contributed by atoms with Crippen LogP contribution in [0.3, 0.4) is 0 Å². The molecule has 1 aliphatic rings. The van der Waals surface area contributed by atoms with Crippen LogP contribution in [-0.2, 0) is 9.53 Å². The third-order valence-corrected chi connectivity index (χ3v) is 2.31. The first-order valence-corrected chi connectivity index (χ1v) is 5.05. The molecule has 2 N–H and O–H groups in total. The van der Waals surface area contributed by atoms with Crippen LogP contribution in [0, 0.1) is 0 Å². The van der Waals surface area contributed by atoms with E-state index in [-0.39, 0.29) is 12.6 Å². The van der Waals surface area contributed by atoms with Crippen molar-refractivity contribution in [2.45, 2.75) is 6.42 Å². The van der Waals surface area contributed by atoms with Crippen molar-refractivity contribution in [2.24, 2.45) is 0 Å². The molecule has 0 aliphatic carbocycles. The number of carboxylic acid groups (broad SMARTS) is 1. The van der Waals surface area contributed by atoms with Gasteiger partial charge in [-0.3, -0.25) is 4.79 Å². The van der Waals surface area contributed by atoms with Crippen LogP contribution in [0.4, 0.5) is 4.79 Å². The van der Waals surface area contributed by atoms with Gasteiger partial charge in [0.25, 0.3) is 0 Å². The van der Waals surface area contributed by atoms with Crippen LogP contribution < -0.4 is 5.32 Å². The van der Waals surface area contributed by atoms with Crippen molar-refractivity contribution in [2.75, 3.05) is 33.4 Å². The van der Waals surface area contributed by atoms with Crippen LogP contribution in [0.5, 0.6) is 0 Å². The molecule has 0 saturated carbocycles. The Balaban J connectivity index is 2.35. The van der Waals surface area contributed by atoms with Crippen LogP contribution in [0.25, 0.3) is 0 Å². The highest BCUT2D eigenvalue weighted by atomic mass is 16.5. The third kappa shape index (κ3) is 3.90. The highest BCUT2D eigenvalue weighted by molar-refractivity contribution is 5.80. The van der Waals surface area contributed by atoms with Crippen LogP contribution in [0.1, 0.15) is 6.42 Å². The summed E-state index contributed by atoms with van der Waals surface area (Å²) in [5.74, 6) is -1.04. The quantitative estimate of drug-likeness (QED) is 0.667. The number of methoxy groups -OCH3 is 1. The number of carbonyl (C=O) groups excluding carboxylic acids is 1. The molecule has 6 heteroatoms. The van der Waals surface area contributed by atoms with E-state index < -0.39 is 5.97 Å². The molecule has 0 bridgehead atoms. The van der Waals surface area contributed by atoms with Gasteiger partial charge in [0.05, 0.1) is 6.61 Å². The van der Waals surface area contributed by atoms with Gasteiger partial charge in [-0.15, -0.1) is 0 Å². The van der Waals surface area contributed by atoms with Crippen LogP contribution >= 0.6 is 0 Å². The number of ether oxygens (including phenoxy) is 1. The number of rotatable bonds is 4. The molecular formula is C10H16N2O4. The van der Waals surface area contributed by atoms with Crippen molar-refractivity contribution in [3.8, 4) is 0 Å². The van der Waals surface area contributed by atoms with Gasteiger partial charge >= 0.3 is 12.0 Å². The van der Waals surface area contributed by atoms with Crippen LogP contribution in [-0.4, -0.2) is 55.4 Å². The second-order valence-electron chi connectivity index (χ2n) is 3.54. The second-order valence-corrected chi connectivity index (χ2v) is 3.54. The predicted molar refractivity (Wildman–Crippen MR) is 57.2 cm³/mol. The molecular weight excluding hydrogens is 212 g/mol. The lowest BCUT2D eigenvalue weighted by Gasteiger charge is -2.26. The number of amides is 2. The van der Waals surface area contributed by atoms with Crippen LogP contribution in [0.2, 0.25) is 0 Å². The maximum Gasteiger partial charge on any atom is 0.323 e. The molecule has 90 valence electrons. The summed E-state index contributed by atoms with van der Waals surface area (Å²) in [5.41, 5.74) is 1.17. The number of nitrogens with zero attached hydrogens (tertiary/aromatic N) is 1. The van der Waals surface area contributed by atoms with E-state index in [2.05, 4.69) is 5.32 Å². The molecule has 0 unspecified atom stereocenters. The normalized spacial score (nSPS) is 15.6. The Bertz CT molecular complexity index is 301. The minimum absolute atomic E-state index is 0.338. The number of carbonyl (C=O) groups is 2. The van der Waals surface area contributed by atoms with Gasteiger partial charge in [0.15, 0.2) is 0 Å². The van der Waals surface area contributed by atoms with Gasteiger partial charge in [-0.05, 0) is 12.0 Å². The average Bonchev–Trinajstić information content (AvgIpc) is 2.27. The number of aliphatic carboxylic acids is 1. The zero-order valence-electron chi connectivity index (χ0n) is 9.23. The SMILES string of the molecule is COCC1=CCN(C(=O)NCC(=O)O)CC1. The minimum Gasteiger partial charge on any atom is -0.480 e. The predicted octanol–water partition coefficient (Wildman–Crippen LogP) is 0.0591. The first-order valence-electron chi connectivity index (χ1n) is 5.05. The Hall–Kier alpha value is -1.56. The standard InChI is InChI=1S/C10H16N2O4/c1-16-7-8-2-4-12(5-3-8)10(15)11-6-9(13)14/h2H,3-7H2,1H3,(H,11,15)(H,13,14). The lowest BCUT2D eigenvalue weighted by atomic mass is 10.1. The first kappa shape index (κ1) is 12.5. The van der Waals surface area contributed by atoms with Gasteiger partial charge in [-0.1, -0.05) is 6.08 Å². The second kappa shape index (κ2) is 6.12. The monoisotopic (exact) mass is 228 g/mol. The van der Waals surface area contributed by atoms with Crippen molar-refractivity contribution in [3.05, 3.63) is 11.6 Å². The summed E-state index contributed by atoms with van der Waals surface area (Å²) < 4.78 is 4.99. The van der Waals surface area contributed by atoms with Crippen LogP contribution in [0.15, 0.2) is 11.6 Å². The fraction of sp³-hybridized carbons (Fsp3) is 0.600. The molecule has 1 heterocycles. The number of carboxylic acids is 1. The van der Waals surface area contributed by atoms with E-state index in [1.165, 1.54) is 5.57 Å². The van der Waals surface area contributed by atoms with Crippen molar-refractivity contribution < 1.29 is 19.4 Å². The average molecular weight is 228 g/mol. The van der Waals surface area contributed by atoms with E-state index in [4.69, 9.17) is 9.84 Å². The Morgan fingerprint density at radius 1 is 1.62 bits per heavy atom. The summed E-state index contributed by atoms with van der Waals surface area (Å²) in [6.45, 7) is 1.35. The van der Waals surface area contributed by atoms with Gasteiger partial charge < -0.3 is 20.1 Å². The van der Waals surface area contributed by atoms with Gasteiger partial charge in [0.1, 0.15) is 6.54 Å². The van der Waals surface area contributed by atoms with E-state index in [0.717, 1.165) is 6.42 Å². The molecule has 6 nitrogen and oxygen atoms in total. The van der Waals surface area contributed by atoms with Gasteiger partial charge in [-0.2, -0.15) is 0 Å². The fourth-order valence-corrected chi connectivity index (χ4v) is 1.48. The van der Waals surface area contributed by atoms with Crippen molar-refractivity contribution in [1.29, 1.82) is 0 Å². The largest absolute Gasteiger partial charge is 0.480 e. The molecule has 0 atom stereocenters. The van der Waals surface area contributed by atoms with E-state index in [9.17, 15) is 9.59 Å². The van der Waals surface area contributed by atoms with Crippen molar-refractivity contribution in [1.82, 2.24) is 10.2 Å². The first-order chi connectivity index (χ1) is 7.63. The Labute approximate surface area is 93.9 Å². The molecule has 0 saturated heterocycles. The molecule has 0 radical (unpaired) electrons. The molecule has 0 aromatic rings. The highest BCUT2D eigenvalue weighted by Crippen LogP contribution is 2.10. The summed E-state index contributed by atoms with van der Waals surface area (Å²) in [5, 5.41) is 10.7. The van der Waals surface area contributed by atoms with Crippen molar-refractivity contribution >= 4 is 12.0 Å². The summed E-state index contributed by atoms with van der Waals surface area (Å²) in [4.78, 5) is 23.3. The maximum absolute atomic E-state index is 11.5. The number of hydrogen-bond acceptors (Lipinski definition) is 3. The number of hydrogen-bond donors (Lipinski definition) is 2. The fourth-order valence-electron chi connectivity index (χ4n) is 1.48. The van der Waals surface area contributed by atoms with E-state index in [1.54, 1.807) is 12.0 Å². The minimum atomic E-state index is -1.04. The Kier molecular flexibility index (Phi) is 4.78. The smallest absolute Gasteiger partial charge is 0.323 e. The van der Waals surface area contributed by atoms with E-state index in [0.29, 0.717) is 19.7 Å². The zero-order valence-corrected chi connectivity index (χ0v) is 9.23. The lowest BCUT2D eigenvalue weighted by molar-refractivity contribution is -0.135. The molecule has 0 aromatic heterocycles. The van der Waals surface area contributed by atoms with Gasteiger partial charge in [0, 0.05) is 20.2 Å². The maximum atomic E-state index is 11.5. The molecule has 1 aliphatic heterocycles. The molecule has 0 spiro atoms. The molecule has 0 fully saturated rings. The molecule has 2 amide bonds. The Morgan fingerprint density at radius 3 is 2.88 bits per heavy atom. The lowest BCUT2D eigenvalue weighted by Crippen LogP contribution is -2.44. The van der Waals surface area contributed by atoms with E-state index in [1.807, 2.05) is 6.08 Å². The topological polar surface area (TPSA) is 78.9 Å². The third-order valence-electron chi connectivity index (χ3n) is 2.31. The van der Waals surface area contributed by atoms with Crippen molar-refractivity contribution in [3.63, 3.8) is 0 Å². The van der Waals surface area contributed by atoms with Gasteiger partial charge in [0.2, 0.25) is 0 Å². The number of urea groups is 1. The number of nitrogens with one attached hydrogen (secondary N) is 1. The summed E-state index contributed by atoms with van der Waals surface area (Å²) in [6.07, 6.45) is 2.71. The summed E-state index contributed by atoms with van der Waals surface area (Å²) in [6, 6.07) is -0.338. The summed E-state index contributed by atoms with van der Waals surface area (Å²) >= 11 is 0. The molecule has 16 heavy (non-hydrogen) atoms. The zero-order chi connectivity index (χ0) is 12.0.